The van der Waals surface area contributed by atoms with Crippen molar-refractivity contribution >= 4 is 5.71 Å². The number of aliphatic imine (C=N–C) groups is 1. The number of nitrogens with zero attached hydrogens (tertiary/aromatic N) is 2. The minimum Gasteiger partial charge on any atom is -0.370 e. The van der Waals surface area contributed by atoms with Crippen LogP contribution in [0, 0.1) is 19.8 Å². The lowest BCUT2D eigenvalue weighted by Crippen LogP contribution is -2.27. The fourth-order valence-electron chi connectivity index (χ4n) is 3.74. The van der Waals surface area contributed by atoms with Gasteiger partial charge in [0.05, 0.1) is 11.4 Å². The van der Waals surface area contributed by atoms with Crippen molar-refractivity contribution in [3.05, 3.63) is 58.4 Å². The molecular formula is C25H40N2. The summed E-state index contributed by atoms with van der Waals surface area (Å²) in [6.07, 6.45) is 3.33. The molecule has 0 aliphatic rings. The summed E-state index contributed by atoms with van der Waals surface area (Å²) in [6, 6.07) is 6.47. The van der Waals surface area contributed by atoms with Crippen molar-refractivity contribution in [2.75, 3.05) is 13.1 Å². The van der Waals surface area contributed by atoms with Crippen molar-refractivity contribution in [3.8, 4) is 0 Å². The second-order valence-electron chi connectivity index (χ2n) is 7.77. The van der Waals surface area contributed by atoms with E-state index >= 15 is 0 Å². The largest absolute Gasteiger partial charge is 0.370 e. The maximum atomic E-state index is 5.24. The number of hydrogen-bond donors (Lipinski definition) is 0. The van der Waals surface area contributed by atoms with Gasteiger partial charge in [0.15, 0.2) is 0 Å². The van der Waals surface area contributed by atoms with E-state index in [9.17, 15) is 0 Å². The van der Waals surface area contributed by atoms with Crippen LogP contribution in [0.1, 0.15) is 77.5 Å². The van der Waals surface area contributed by atoms with E-state index in [0.29, 0.717) is 5.92 Å². The van der Waals surface area contributed by atoms with Crippen LogP contribution in [0.4, 0.5) is 0 Å². The zero-order chi connectivity index (χ0) is 20.6. The minimum atomic E-state index is 0.396. The highest BCUT2D eigenvalue weighted by Crippen LogP contribution is 2.28. The standard InChI is InChI=1S/C25H40N2/c1-10-16-27(17-11-2)25(18(4)5)24(19(6)12-3)26-22(9)23-20(7)14-13-15-21(23)8/h13-15,19H,4,10-12,16-17H2,1-3,5-9H3/b25-24+,26-22?. The van der Waals surface area contributed by atoms with Gasteiger partial charge in [-0.05, 0) is 63.7 Å². The summed E-state index contributed by atoms with van der Waals surface area (Å²) in [4.78, 5) is 7.73. The van der Waals surface area contributed by atoms with Gasteiger partial charge < -0.3 is 4.90 Å². The normalized spacial score (nSPS) is 14.0. The first-order valence-corrected chi connectivity index (χ1v) is 10.5. The van der Waals surface area contributed by atoms with Crippen molar-refractivity contribution in [2.24, 2.45) is 10.9 Å². The van der Waals surface area contributed by atoms with E-state index in [0.717, 1.165) is 43.6 Å². The summed E-state index contributed by atoms with van der Waals surface area (Å²) >= 11 is 0. The molecule has 0 N–H and O–H groups in total. The van der Waals surface area contributed by atoms with Crippen LogP contribution in [-0.4, -0.2) is 23.7 Å². The van der Waals surface area contributed by atoms with Gasteiger partial charge in [-0.1, -0.05) is 52.5 Å². The molecule has 0 heterocycles. The van der Waals surface area contributed by atoms with Gasteiger partial charge in [0.2, 0.25) is 0 Å². The second-order valence-corrected chi connectivity index (χ2v) is 7.77. The molecule has 0 bridgehead atoms. The molecule has 0 aliphatic heterocycles. The van der Waals surface area contributed by atoms with E-state index in [1.165, 1.54) is 28.1 Å². The summed E-state index contributed by atoms with van der Waals surface area (Å²) in [5, 5.41) is 0. The first-order chi connectivity index (χ1) is 12.8. The van der Waals surface area contributed by atoms with Gasteiger partial charge >= 0.3 is 0 Å². The lowest BCUT2D eigenvalue weighted by molar-refractivity contribution is 0.342. The molecular weight excluding hydrogens is 328 g/mol. The second kappa shape index (κ2) is 11.1. The Hall–Kier alpha value is -1.83. The van der Waals surface area contributed by atoms with Crippen LogP contribution < -0.4 is 0 Å². The zero-order valence-electron chi connectivity index (χ0n) is 18.9. The molecule has 0 aromatic heterocycles. The number of hydrogen-bond acceptors (Lipinski definition) is 2. The Balaban J connectivity index is 3.65. The highest BCUT2D eigenvalue weighted by atomic mass is 15.1. The maximum absolute atomic E-state index is 5.24. The third-order valence-corrected chi connectivity index (χ3v) is 5.16. The quantitative estimate of drug-likeness (QED) is 0.318. The van der Waals surface area contributed by atoms with Crippen molar-refractivity contribution in [2.45, 2.75) is 74.7 Å². The zero-order valence-corrected chi connectivity index (χ0v) is 18.9. The smallest absolute Gasteiger partial charge is 0.0670 e. The molecule has 1 aromatic carbocycles. The van der Waals surface area contributed by atoms with Gasteiger partial charge in [-0.3, -0.25) is 4.99 Å². The Bertz CT molecular complexity index is 668. The topological polar surface area (TPSA) is 15.6 Å². The van der Waals surface area contributed by atoms with Crippen molar-refractivity contribution in [1.82, 2.24) is 4.90 Å². The van der Waals surface area contributed by atoms with Gasteiger partial charge in [0.25, 0.3) is 0 Å². The SMILES string of the molecule is C=C(C)/C(=C(\N=C(C)c1c(C)cccc1C)C(C)CC)N(CCC)CCC. The predicted molar refractivity (Wildman–Crippen MR) is 122 cm³/mol. The summed E-state index contributed by atoms with van der Waals surface area (Å²) in [7, 11) is 0. The van der Waals surface area contributed by atoms with Crippen LogP contribution in [0.2, 0.25) is 0 Å². The molecule has 150 valence electrons. The maximum Gasteiger partial charge on any atom is 0.0670 e. The number of benzene rings is 1. The highest BCUT2D eigenvalue weighted by Gasteiger charge is 2.19. The van der Waals surface area contributed by atoms with Crippen LogP contribution in [0.15, 0.2) is 46.7 Å². The molecule has 1 aromatic rings. The molecule has 1 rings (SSSR count). The van der Waals surface area contributed by atoms with E-state index in [1.807, 2.05) is 0 Å². The van der Waals surface area contributed by atoms with E-state index in [1.54, 1.807) is 0 Å². The first kappa shape index (κ1) is 23.2. The van der Waals surface area contributed by atoms with Crippen LogP contribution in [-0.2, 0) is 0 Å². The van der Waals surface area contributed by atoms with Crippen LogP contribution in [0.25, 0.3) is 0 Å². The monoisotopic (exact) mass is 368 g/mol. The molecule has 1 atom stereocenters. The fourth-order valence-corrected chi connectivity index (χ4v) is 3.74. The summed E-state index contributed by atoms with van der Waals surface area (Å²) < 4.78 is 0. The van der Waals surface area contributed by atoms with Crippen molar-refractivity contribution < 1.29 is 0 Å². The van der Waals surface area contributed by atoms with Crippen molar-refractivity contribution in [1.29, 1.82) is 0 Å². The van der Waals surface area contributed by atoms with Crippen LogP contribution >= 0.6 is 0 Å². The van der Waals surface area contributed by atoms with Gasteiger partial charge in [-0.15, -0.1) is 0 Å². The van der Waals surface area contributed by atoms with Gasteiger partial charge in [0.1, 0.15) is 0 Å². The van der Waals surface area contributed by atoms with Crippen LogP contribution in [0.5, 0.6) is 0 Å². The minimum absolute atomic E-state index is 0.396. The molecule has 1 unspecified atom stereocenters. The lowest BCUT2D eigenvalue weighted by atomic mass is 9.97. The Kier molecular flexibility index (Phi) is 9.55. The first-order valence-electron chi connectivity index (χ1n) is 10.5. The average Bonchev–Trinajstić information content (AvgIpc) is 2.60. The predicted octanol–water partition coefficient (Wildman–Crippen LogP) is 7.07. The number of aryl methyl sites for hydroxylation is 2. The molecule has 0 aliphatic carbocycles. The third-order valence-electron chi connectivity index (χ3n) is 5.16. The summed E-state index contributed by atoms with van der Waals surface area (Å²) in [6.45, 7) is 24.1. The summed E-state index contributed by atoms with van der Waals surface area (Å²) in [5.41, 5.74) is 8.51. The molecule has 0 saturated carbocycles. The fraction of sp³-hybridized carbons (Fsp3) is 0.560. The lowest BCUT2D eigenvalue weighted by Gasteiger charge is -2.30. The highest BCUT2D eigenvalue weighted by molar-refractivity contribution is 6.01. The molecule has 0 amide bonds. The van der Waals surface area contributed by atoms with E-state index in [4.69, 9.17) is 4.99 Å². The van der Waals surface area contributed by atoms with Gasteiger partial charge in [-0.25, -0.2) is 0 Å². The number of rotatable bonds is 10. The van der Waals surface area contributed by atoms with Gasteiger partial charge in [0, 0.05) is 30.3 Å². The summed E-state index contributed by atoms with van der Waals surface area (Å²) in [5.74, 6) is 0.396. The molecule has 0 spiro atoms. The number of allylic oxidation sites excluding steroid dienone is 2. The Morgan fingerprint density at radius 2 is 1.56 bits per heavy atom. The Morgan fingerprint density at radius 3 is 1.96 bits per heavy atom. The van der Waals surface area contributed by atoms with Crippen LogP contribution in [0.3, 0.4) is 0 Å². The van der Waals surface area contributed by atoms with E-state index in [-0.39, 0.29) is 0 Å². The van der Waals surface area contributed by atoms with E-state index < -0.39 is 0 Å². The van der Waals surface area contributed by atoms with Crippen molar-refractivity contribution in [3.63, 3.8) is 0 Å². The van der Waals surface area contributed by atoms with E-state index in [2.05, 4.69) is 85.1 Å². The third kappa shape index (κ3) is 6.09. The Morgan fingerprint density at radius 1 is 1.04 bits per heavy atom. The molecule has 0 fully saturated rings. The molecule has 27 heavy (non-hydrogen) atoms. The van der Waals surface area contributed by atoms with Gasteiger partial charge in [-0.2, -0.15) is 0 Å². The molecule has 0 radical (unpaired) electrons. The Labute approximate surface area is 168 Å². The molecule has 2 nitrogen and oxygen atoms in total. The molecule has 0 saturated heterocycles. The molecule has 2 heteroatoms. The average molecular weight is 369 g/mol.